The minimum atomic E-state index is -0.189. The van der Waals surface area contributed by atoms with Crippen LogP contribution in [-0.2, 0) is 4.74 Å². The second-order valence-electron chi connectivity index (χ2n) is 5.25. The number of pyridine rings is 1. The Morgan fingerprint density at radius 3 is 2.74 bits per heavy atom. The molecule has 1 aromatic rings. The number of aryl methyl sites for hydroxylation is 1. The number of anilines is 1. The number of rotatable bonds is 3. The summed E-state index contributed by atoms with van der Waals surface area (Å²) in [5.74, 6) is -0.0822. The molecule has 1 aliphatic rings. The number of carbonyl (C=O) groups excluding carboxylic acids is 1. The molecule has 1 amide bonds. The van der Waals surface area contributed by atoms with Crippen LogP contribution in [0.5, 0.6) is 0 Å². The first kappa shape index (κ1) is 13.8. The van der Waals surface area contributed by atoms with Crippen molar-refractivity contribution in [1.82, 2.24) is 10.3 Å². The number of amides is 1. The normalized spacial score (nSPS) is 17.8. The van der Waals surface area contributed by atoms with Crippen LogP contribution in [0.3, 0.4) is 0 Å². The minimum absolute atomic E-state index is 0.0822. The molecule has 0 radical (unpaired) electrons. The highest BCUT2D eigenvalue weighted by molar-refractivity contribution is 5.99. The molecule has 0 aliphatic carbocycles. The van der Waals surface area contributed by atoms with Crippen LogP contribution in [0.15, 0.2) is 12.3 Å². The summed E-state index contributed by atoms with van der Waals surface area (Å²) >= 11 is 0. The van der Waals surface area contributed by atoms with E-state index in [1.54, 1.807) is 6.20 Å². The van der Waals surface area contributed by atoms with Gasteiger partial charge in [0.2, 0.25) is 0 Å². The molecule has 19 heavy (non-hydrogen) atoms. The molecule has 1 aliphatic heterocycles. The Morgan fingerprint density at radius 2 is 2.11 bits per heavy atom. The summed E-state index contributed by atoms with van der Waals surface area (Å²) in [7, 11) is 1.81. The van der Waals surface area contributed by atoms with E-state index in [9.17, 15) is 4.79 Å². The zero-order valence-corrected chi connectivity index (χ0v) is 11.7. The molecular weight excluding hydrogens is 242 g/mol. The fourth-order valence-corrected chi connectivity index (χ4v) is 2.24. The third-order valence-electron chi connectivity index (χ3n) is 3.57. The quantitative estimate of drug-likeness (QED) is 0.871. The summed E-state index contributed by atoms with van der Waals surface area (Å²) in [6, 6.07) is 1.88. The lowest BCUT2D eigenvalue weighted by Crippen LogP contribution is -2.49. The summed E-state index contributed by atoms with van der Waals surface area (Å²) in [5.41, 5.74) is 2.09. The summed E-state index contributed by atoms with van der Waals surface area (Å²) in [4.78, 5) is 16.6. The maximum atomic E-state index is 12.4. The molecule has 2 N–H and O–H groups in total. The van der Waals surface area contributed by atoms with Gasteiger partial charge in [-0.1, -0.05) is 0 Å². The molecule has 1 aromatic heterocycles. The Labute approximate surface area is 113 Å². The van der Waals surface area contributed by atoms with Crippen LogP contribution in [0, 0.1) is 6.92 Å². The monoisotopic (exact) mass is 263 g/mol. The number of aromatic nitrogens is 1. The number of nitrogens with zero attached hydrogens (tertiary/aromatic N) is 1. The average molecular weight is 263 g/mol. The van der Waals surface area contributed by atoms with Crippen molar-refractivity contribution in [3.63, 3.8) is 0 Å². The van der Waals surface area contributed by atoms with E-state index in [-0.39, 0.29) is 11.4 Å². The van der Waals surface area contributed by atoms with Crippen LogP contribution in [0.2, 0.25) is 0 Å². The van der Waals surface area contributed by atoms with Gasteiger partial charge >= 0.3 is 0 Å². The maximum Gasteiger partial charge on any atom is 0.255 e. The summed E-state index contributed by atoms with van der Waals surface area (Å²) < 4.78 is 5.34. The van der Waals surface area contributed by atoms with Crippen molar-refractivity contribution in [1.29, 1.82) is 0 Å². The predicted molar refractivity (Wildman–Crippen MR) is 74.4 cm³/mol. The first-order chi connectivity index (χ1) is 9.04. The zero-order chi connectivity index (χ0) is 13.9. The topological polar surface area (TPSA) is 63.2 Å². The van der Waals surface area contributed by atoms with Gasteiger partial charge in [0.1, 0.15) is 0 Å². The SMILES string of the molecule is CNc1cc(C)ncc1C(=O)NC1(C)CCOCC1. The molecule has 1 fully saturated rings. The van der Waals surface area contributed by atoms with E-state index >= 15 is 0 Å². The lowest BCUT2D eigenvalue weighted by molar-refractivity contribution is 0.0423. The fourth-order valence-electron chi connectivity index (χ4n) is 2.24. The van der Waals surface area contributed by atoms with Crippen molar-refractivity contribution in [3.05, 3.63) is 23.5 Å². The van der Waals surface area contributed by atoms with E-state index in [2.05, 4.69) is 22.5 Å². The van der Waals surface area contributed by atoms with Crippen LogP contribution < -0.4 is 10.6 Å². The first-order valence-corrected chi connectivity index (χ1v) is 6.59. The van der Waals surface area contributed by atoms with Gasteiger partial charge in [0, 0.05) is 37.7 Å². The summed E-state index contributed by atoms with van der Waals surface area (Å²) in [6.45, 7) is 5.36. The molecule has 0 atom stereocenters. The van der Waals surface area contributed by atoms with E-state index in [1.807, 2.05) is 20.0 Å². The van der Waals surface area contributed by atoms with Gasteiger partial charge in [-0.2, -0.15) is 0 Å². The predicted octanol–water partition coefficient (Wildman–Crippen LogP) is 1.73. The van der Waals surface area contributed by atoms with E-state index in [1.165, 1.54) is 0 Å². The second-order valence-corrected chi connectivity index (χ2v) is 5.25. The smallest absolute Gasteiger partial charge is 0.255 e. The van der Waals surface area contributed by atoms with Gasteiger partial charge in [0.25, 0.3) is 5.91 Å². The third kappa shape index (κ3) is 3.23. The van der Waals surface area contributed by atoms with Crippen molar-refractivity contribution in [2.75, 3.05) is 25.6 Å². The Balaban J connectivity index is 2.15. The minimum Gasteiger partial charge on any atom is -0.387 e. The van der Waals surface area contributed by atoms with Crippen molar-refractivity contribution in [2.24, 2.45) is 0 Å². The number of carbonyl (C=O) groups is 1. The van der Waals surface area contributed by atoms with Gasteiger partial charge in [0.15, 0.2) is 0 Å². The van der Waals surface area contributed by atoms with Crippen LogP contribution in [-0.4, -0.2) is 36.7 Å². The van der Waals surface area contributed by atoms with E-state index < -0.39 is 0 Å². The van der Waals surface area contributed by atoms with E-state index in [0.29, 0.717) is 18.8 Å². The van der Waals surface area contributed by atoms with Crippen LogP contribution in [0.4, 0.5) is 5.69 Å². The molecule has 1 saturated heterocycles. The largest absolute Gasteiger partial charge is 0.387 e. The van der Waals surface area contributed by atoms with Gasteiger partial charge in [0.05, 0.1) is 11.3 Å². The molecule has 2 rings (SSSR count). The third-order valence-corrected chi connectivity index (χ3v) is 3.57. The summed E-state index contributed by atoms with van der Waals surface area (Å²) in [6.07, 6.45) is 3.30. The first-order valence-electron chi connectivity index (χ1n) is 6.59. The number of ether oxygens (including phenoxy) is 1. The number of hydrogen-bond acceptors (Lipinski definition) is 4. The molecule has 0 spiro atoms. The average Bonchev–Trinajstić information content (AvgIpc) is 2.38. The fraction of sp³-hybridized carbons (Fsp3) is 0.571. The van der Waals surface area contributed by atoms with Crippen LogP contribution in [0.25, 0.3) is 0 Å². The Bertz CT molecular complexity index is 468. The zero-order valence-electron chi connectivity index (χ0n) is 11.7. The second kappa shape index (κ2) is 5.57. The standard InChI is InChI=1S/C14H21N3O2/c1-10-8-12(15-3)11(9-16-10)13(18)17-14(2)4-6-19-7-5-14/h8-9H,4-7H2,1-3H3,(H,15,16)(H,17,18). The van der Waals surface area contributed by atoms with Gasteiger partial charge < -0.3 is 15.4 Å². The number of nitrogens with one attached hydrogen (secondary N) is 2. The molecule has 2 heterocycles. The molecule has 0 bridgehead atoms. The maximum absolute atomic E-state index is 12.4. The molecule has 0 saturated carbocycles. The Morgan fingerprint density at radius 1 is 1.42 bits per heavy atom. The van der Waals surface area contributed by atoms with Crippen LogP contribution >= 0.6 is 0 Å². The van der Waals surface area contributed by atoms with Gasteiger partial charge in [-0.15, -0.1) is 0 Å². The van der Waals surface area contributed by atoms with Crippen molar-refractivity contribution < 1.29 is 9.53 Å². The molecule has 5 nitrogen and oxygen atoms in total. The van der Waals surface area contributed by atoms with Gasteiger partial charge in [-0.25, -0.2) is 0 Å². The lowest BCUT2D eigenvalue weighted by atomic mass is 9.92. The highest BCUT2D eigenvalue weighted by Crippen LogP contribution is 2.22. The Hall–Kier alpha value is -1.62. The number of hydrogen-bond donors (Lipinski definition) is 2. The van der Waals surface area contributed by atoms with E-state index in [0.717, 1.165) is 24.2 Å². The van der Waals surface area contributed by atoms with Crippen molar-refractivity contribution in [2.45, 2.75) is 32.2 Å². The molecule has 104 valence electrons. The van der Waals surface area contributed by atoms with Crippen LogP contribution in [0.1, 0.15) is 35.8 Å². The molecule has 0 aromatic carbocycles. The molecular formula is C14H21N3O2. The molecule has 0 unspecified atom stereocenters. The summed E-state index contributed by atoms with van der Waals surface area (Å²) in [5, 5.41) is 6.15. The van der Waals surface area contributed by atoms with E-state index in [4.69, 9.17) is 4.74 Å². The Kier molecular flexibility index (Phi) is 4.04. The lowest BCUT2D eigenvalue weighted by Gasteiger charge is -2.34. The molecule has 5 heteroatoms. The van der Waals surface area contributed by atoms with Crippen molar-refractivity contribution >= 4 is 11.6 Å². The highest BCUT2D eigenvalue weighted by Gasteiger charge is 2.29. The van der Waals surface area contributed by atoms with Crippen molar-refractivity contribution in [3.8, 4) is 0 Å². The van der Waals surface area contributed by atoms with Gasteiger partial charge in [-0.05, 0) is 32.8 Å². The van der Waals surface area contributed by atoms with Gasteiger partial charge in [-0.3, -0.25) is 9.78 Å². The highest BCUT2D eigenvalue weighted by atomic mass is 16.5.